The molecule has 1 fully saturated rings. The summed E-state index contributed by atoms with van der Waals surface area (Å²) < 4.78 is 28.7. The summed E-state index contributed by atoms with van der Waals surface area (Å²) in [6, 6.07) is 15.5. The third-order valence-corrected chi connectivity index (χ3v) is 5.10. The summed E-state index contributed by atoms with van der Waals surface area (Å²) in [5.74, 6) is -2.93. The molecule has 0 aromatic heterocycles. The van der Waals surface area contributed by atoms with Crippen LogP contribution in [0.4, 0.5) is 14.5 Å². The van der Waals surface area contributed by atoms with Gasteiger partial charge >= 0.3 is 0 Å². The number of anilines is 1. The molecule has 1 aliphatic rings. The van der Waals surface area contributed by atoms with Gasteiger partial charge in [0, 0.05) is 57.4 Å². The lowest BCUT2D eigenvalue weighted by Gasteiger charge is -2.37. The third kappa shape index (κ3) is 6.09. The minimum Gasteiger partial charge on any atom is -0.375 e. The number of nitrogens with zero attached hydrogens (tertiary/aromatic N) is 2. The molecule has 3 rings (SSSR count). The smallest absolute Gasteiger partial charge is 0.272 e. The van der Waals surface area contributed by atoms with Crippen molar-refractivity contribution in [2.75, 3.05) is 31.1 Å². The van der Waals surface area contributed by atoms with Crippen LogP contribution in [-0.4, -0.2) is 36.2 Å². The summed E-state index contributed by atoms with van der Waals surface area (Å²) in [6.45, 7) is 5.28. The SMILES string of the molecule is CC(F)(F)c1cc(CNNC(N)=S)ccc1N1CCN(Cc2ccccc2)CC1. The molecule has 0 amide bonds. The van der Waals surface area contributed by atoms with Gasteiger partial charge in [-0.2, -0.15) is 0 Å². The van der Waals surface area contributed by atoms with Crippen molar-refractivity contribution in [3.63, 3.8) is 0 Å². The van der Waals surface area contributed by atoms with E-state index in [1.165, 1.54) is 5.56 Å². The number of rotatable bonds is 7. The highest BCUT2D eigenvalue weighted by atomic mass is 32.1. The fourth-order valence-corrected chi connectivity index (χ4v) is 3.61. The van der Waals surface area contributed by atoms with E-state index in [9.17, 15) is 8.78 Å². The quantitative estimate of drug-likeness (QED) is 0.474. The fraction of sp³-hybridized carbons (Fsp3) is 0.381. The molecule has 1 aliphatic heterocycles. The first-order chi connectivity index (χ1) is 13.8. The molecule has 1 saturated heterocycles. The van der Waals surface area contributed by atoms with Gasteiger partial charge in [0.1, 0.15) is 0 Å². The van der Waals surface area contributed by atoms with Gasteiger partial charge in [-0.25, -0.2) is 14.2 Å². The summed E-state index contributed by atoms with van der Waals surface area (Å²) in [7, 11) is 0. The van der Waals surface area contributed by atoms with Crippen LogP contribution >= 0.6 is 12.2 Å². The molecule has 0 unspecified atom stereocenters. The molecule has 5 nitrogen and oxygen atoms in total. The van der Waals surface area contributed by atoms with Crippen LogP contribution in [-0.2, 0) is 19.0 Å². The van der Waals surface area contributed by atoms with E-state index in [0.717, 1.165) is 45.2 Å². The molecule has 0 aliphatic carbocycles. The van der Waals surface area contributed by atoms with Crippen molar-refractivity contribution >= 4 is 23.0 Å². The van der Waals surface area contributed by atoms with Crippen molar-refractivity contribution in [2.45, 2.75) is 25.9 Å². The van der Waals surface area contributed by atoms with Crippen LogP contribution in [0.2, 0.25) is 0 Å². The van der Waals surface area contributed by atoms with E-state index in [4.69, 9.17) is 18.0 Å². The maximum Gasteiger partial charge on any atom is 0.272 e. The van der Waals surface area contributed by atoms with E-state index in [1.54, 1.807) is 12.1 Å². The van der Waals surface area contributed by atoms with E-state index >= 15 is 0 Å². The second-order valence-electron chi connectivity index (χ2n) is 7.33. The summed E-state index contributed by atoms with van der Waals surface area (Å²) >= 11 is 4.73. The van der Waals surface area contributed by atoms with Crippen molar-refractivity contribution in [2.24, 2.45) is 5.73 Å². The molecule has 0 radical (unpaired) electrons. The Morgan fingerprint density at radius 3 is 2.38 bits per heavy atom. The Bertz CT molecular complexity index is 818. The zero-order valence-corrected chi connectivity index (χ0v) is 17.3. The van der Waals surface area contributed by atoms with Crippen LogP contribution in [0, 0.1) is 0 Å². The highest BCUT2D eigenvalue weighted by Gasteiger charge is 2.31. The van der Waals surface area contributed by atoms with E-state index in [1.807, 2.05) is 24.3 Å². The first-order valence-corrected chi connectivity index (χ1v) is 10.0. The minimum atomic E-state index is -2.93. The summed E-state index contributed by atoms with van der Waals surface area (Å²) in [5, 5.41) is 0.107. The Balaban J connectivity index is 1.67. The van der Waals surface area contributed by atoms with Crippen LogP contribution in [0.3, 0.4) is 0 Å². The van der Waals surface area contributed by atoms with Crippen molar-refractivity contribution in [3.05, 3.63) is 65.2 Å². The lowest BCUT2D eigenvalue weighted by Crippen LogP contribution is -2.46. The first kappa shape index (κ1) is 21.4. The topological polar surface area (TPSA) is 56.6 Å². The number of alkyl halides is 2. The Labute approximate surface area is 175 Å². The number of nitrogens with two attached hydrogens (primary N) is 1. The molecule has 29 heavy (non-hydrogen) atoms. The molecule has 0 spiro atoms. The number of benzene rings is 2. The molecule has 2 aromatic carbocycles. The largest absolute Gasteiger partial charge is 0.375 e. The highest BCUT2D eigenvalue weighted by Crippen LogP contribution is 2.36. The van der Waals surface area contributed by atoms with Crippen molar-refractivity contribution in [1.29, 1.82) is 0 Å². The summed E-state index contributed by atoms with van der Waals surface area (Å²) in [6.07, 6.45) is 0. The lowest BCUT2D eigenvalue weighted by molar-refractivity contribution is 0.0178. The molecule has 4 N–H and O–H groups in total. The standard InChI is InChI=1S/C21H27F2N5S/c1-21(22,23)18-13-17(14-25-26-20(24)29)7-8-19(18)28-11-9-27(10-12-28)15-16-5-3-2-4-6-16/h2-8,13,25H,9-12,14-15H2,1H3,(H3,24,26,29). The van der Waals surface area contributed by atoms with Crippen LogP contribution in [0.15, 0.2) is 48.5 Å². The van der Waals surface area contributed by atoms with E-state index in [0.29, 0.717) is 12.2 Å². The number of hydrazine groups is 1. The predicted octanol–water partition coefficient (Wildman–Crippen LogP) is 2.96. The minimum absolute atomic E-state index is 0.0450. The molecule has 1 heterocycles. The average Bonchev–Trinajstić information content (AvgIpc) is 2.68. The van der Waals surface area contributed by atoms with Crippen molar-refractivity contribution in [3.8, 4) is 0 Å². The maximum absolute atomic E-state index is 14.4. The second-order valence-corrected chi connectivity index (χ2v) is 7.77. The maximum atomic E-state index is 14.4. The number of piperazine rings is 1. The molecule has 0 saturated carbocycles. The number of nitrogens with one attached hydrogen (secondary N) is 2. The predicted molar refractivity (Wildman–Crippen MR) is 117 cm³/mol. The second kappa shape index (κ2) is 9.47. The molecule has 156 valence electrons. The number of halogens is 2. The molecule has 0 atom stereocenters. The number of thiocarbonyl (C=S) groups is 1. The van der Waals surface area contributed by atoms with Gasteiger partial charge in [-0.1, -0.05) is 36.4 Å². The molecule has 2 aromatic rings. The van der Waals surface area contributed by atoms with Gasteiger partial charge in [-0.05, 0) is 35.5 Å². The zero-order valence-electron chi connectivity index (χ0n) is 16.5. The van der Waals surface area contributed by atoms with E-state index in [2.05, 4.69) is 32.8 Å². The lowest BCUT2D eigenvalue weighted by atomic mass is 10.0. The molecule has 8 heteroatoms. The molecular formula is C21H27F2N5S. The van der Waals surface area contributed by atoms with Crippen LogP contribution in [0.5, 0.6) is 0 Å². The normalized spacial score (nSPS) is 15.3. The number of hydrogen-bond acceptors (Lipinski definition) is 4. The first-order valence-electron chi connectivity index (χ1n) is 9.63. The summed E-state index contributed by atoms with van der Waals surface area (Å²) in [5.41, 5.74) is 13.4. The molecule has 0 bridgehead atoms. The third-order valence-electron chi connectivity index (χ3n) is 5.00. The van der Waals surface area contributed by atoms with Crippen LogP contribution in [0.1, 0.15) is 23.6 Å². The summed E-state index contributed by atoms with van der Waals surface area (Å²) in [4.78, 5) is 4.41. The van der Waals surface area contributed by atoms with E-state index < -0.39 is 5.92 Å². The monoisotopic (exact) mass is 419 g/mol. The van der Waals surface area contributed by atoms with Gasteiger partial charge in [-0.3, -0.25) is 10.3 Å². The van der Waals surface area contributed by atoms with Gasteiger partial charge in [0.25, 0.3) is 5.92 Å². The molecular weight excluding hydrogens is 392 g/mol. The van der Waals surface area contributed by atoms with Gasteiger partial charge in [0.05, 0.1) is 0 Å². The van der Waals surface area contributed by atoms with Gasteiger partial charge in [0.15, 0.2) is 5.11 Å². The highest BCUT2D eigenvalue weighted by molar-refractivity contribution is 7.80. The fourth-order valence-electron chi connectivity index (χ4n) is 3.54. The zero-order chi connectivity index (χ0) is 20.9. The van der Waals surface area contributed by atoms with Crippen molar-refractivity contribution < 1.29 is 8.78 Å². The van der Waals surface area contributed by atoms with Crippen LogP contribution in [0.25, 0.3) is 0 Å². The van der Waals surface area contributed by atoms with Crippen molar-refractivity contribution in [1.82, 2.24) is 15.8 Å². The number of hydrogen-bond donors (Lipinski definition) is 3. The Morgan fingerprint density at radius 1 is 1.07 bits per heavy atom. The Kier molecular flexibility index (Phi) is 7.00. The van der Waals surface area contributed by atoms with E-state index in [-0.39, 0.29) is 10.7 Å². The van der Waals surface area contributed by atoms with Gasteiger partial charge in [-0.15, -0.1) is 0 Å². The van der Waals surface area contributed by atoms with Gasteiger partial charge in [0.2, 0.25) is 0 Å². The average molecular weight is 420 g/mol. The van der Waals surface area contributed by atoms with Crippen LogP contribution < -0.4 is 21.5 Å². The Hall–Kier alpha value is -2.29. The Morgan fingerprint density at radius 2 is 1.76 bits per heavy atom. The van der Waals surface area contributed by atoms with Gasteiger partial charge < -0.3 is 10.6 Å².